The number of ether oxygens (including phenoxy) is 1. The molecule has 1 aromatic rings. The molecule has 0 spiro atoms. The summed E-state index contributed by atoms with van der Waals surface area (Å²) in [5.74, 6) is -0.930. The second kappa shape index (κ2) is 5.23. The van der Waals surface area contributed by atoms with Crippen molar-refractivity contribution in [3.8, 4) is 0 Å². The van der Waals surface area contributed by atoms with Crippen molar-refractivity contribution in [2.45, 2.75) is 12.5 Å². The Kier molecular flexibility index (Phi) is 4.23. The van der Waals surface area contributed by atoms with Crippen LogP contribution in [0.2, 0.25) is 0 Å². The molecule has 0 aliphatic rings. The van der Waals surface area contributed by atoms with Crippen LogP contribution >= 0.6 is 15.9 Å². The molecule has 1 aromatic carbocycles. The van der Waals surface area contributed by atoms with E-state index in [4.69, 9.17) is 5.73 Å². The number of methoxy groups -OCH3 is 1. The first-order chi connectivity index (χ1) is 7.04. The van der Waals surface area contributed by atoms with Gasteiger partial charge in [0.2, 0.25) is 0 Å². The molecule has 15 heavy (non-hydrogen) atoms. The van der Waals surface area contributed by atoms with Gasteiger partial charge in [-0.05, 0) is 17.7 Å². The van der Waals surface area contributed by atoms with Crippen LogP contribution in [-0.2, 0) is 16.0 Å². The fourth-order valence-electron chi connectivity index (χ4n) is 1.16. The van der Waals surface area contributed by atoms with Gasteiger partial charge in [0, 0.05) is 10.9 Å². The largest absolute Gasteiger partial charge is 0.468 e. The Labute approximate surface area is 95.5 Å². The van der Waals surface area contributed by atoms with Crippen molar-refractivity contribution >= 4 is 21.9 Å². The van der Waals surface area contributed by atoms with Gasteiger partial charge in [0.05, 0.1) is 7.11 Å². The van der Waals surface area contributed by atoms with Crippen LogP contribution in [-0.4, -0.2) is 19.1 Å². The third-order valence-corrected chi connectivity index (χ3v) is 2.45. The molecule has 0 fully saturated rings. The van der Waals surface area contributed by atoms with Crippen LogP contribution in [0.15, 0.2) is 22.7 Å². The molecule has 0 aliphatic heterocycles. The fraction of sp³-hybridized carbons (Fsp3) is 0.300. The normalized spacial score (nSPS) is 12.3. The van der Waals surface area contributed by atoms with Gasteiger partial charge in [-0.25, -0.2) is 4.39 Å². The number of rotatable bonds is 3. The van der Waals surface area contributed by atoms with E-state index in [2.05, 4.69) is 20.7 Å². The molecule has 2 N–H and O–H groups in total. The molecular formula is C10H11BrFNO2. The lowest BCUT2D eigenvalue weighted by atomic mass is 10.1. The Hall–Kier alpha value is -0.940. The first-order valence-corrected chi connectivity index (χ1v) is 5.11. The van der Waals surface area contributed by atoms with Gasteiger partial charge in [0.25, 0.3) is 0 Å². The van der Waals surface area contributed by atoms with E-state index in [0.717, 1.165) is 0 Å². The zero-order valence-electron chi connectivity index (χ0n) is 8.17. The third-order valence-electron chi connectivity index (χ3n) is 1.96. The highest BCUT2D eigenvalue weighted by molar-refractivity contribution is 9.10. The molecule has 1 rings (SSSR count). The molecule has 0 heterocycles. The predicted molar refractivity (Wildman–Crippen MR) is 57.8 cm³/mol. The van der Waals surface area contributed by atoms with E-state index < -0.39 is 12.0 Å². The van der Waals surface area contributed by atoms with E-state index >= 15 is 0 Å². The molecule has 0 radical (unpaired) electrons. The lowest BCUT2D eigenvalue weighted by Crippen LogP contribution is -2.33. The van der Waals surface area contributed by atoms with E-state index in [0.29, 0.717) is 10.0 Å². The highest BCUT2D eigenvalue weighted by atomic mass is 79.9. The number of hydrogen-bond acceptors (Lipinski definition) is 3. The minimum absolute atomic E-state index is 0.131. The smallest absolute Gasteiger partial charge is 0.322 e. The minimum Gasteiger partial charge on any atom is -0.468 e. The molecule has 1 atom stereocenters. The zero-order valence-corrected chi connectivity index (χ0v) is 9.75. The Balaban J connectivity index is 2.76. The molecule has 5 heteroatoms. The quantitative estimate of drug-likeness (QED) is 0.854. The van der Waals surface area contributed by atoms with Crippen molar-refractivity contribution < 1.29 is 13.9 Å². The van der Waals surface area contributed by atoms with Gasteiger partial charge in [-0.2, -0.15) is 0 Å². The minimum atomic E-state index is -0.828. The van der Waals surface area contributed by atoms with E-state index in [9.17, 15) is 9.18 Å². The van der Waals surface area contributed by atoms with Crippen LogP contribution in [0.3, 0.4) is 0 Å². The lowest BCUT2D eigenvalue weighted by molar-refractivity contribution is -0.142. The second-order valence-electron chi connectivity index (χ2n) is 3.07. The summed E-state index contributed by atoms with van der Waals surface area (Å²) in [6.45, 7) is 0. The Morgan fingerprint density at radius 3 is 2.87 bits per heavy atom. The molecule has 0 saturated carbocycles. The third kappa shape index (κ3) is 3.28. The molecule has 3 nitrogen and oxygen atoms in total. The van der Waals surface area contributed by atoms with Crippen LogP contribution in [0.5, 0.6) is 0 Å². The lowest BCUT2D eigenvalue weighted by Gasteiger charge is -2.09. The van der Waals surface area contributed by atoms with Crippen molar-refractivity contribution in [2.75, 3.05) is 7.11 Å². The van der Waals surface area contributed by atoms with E-state index in [1.807, 2.05) is 0 Å². The molecule has 0 unspecified atom stereocenters. The van der Waals surface area contributed by atoms with Gasteiger partial charge in [0.1, 0.15) is 11.9 Å². The summed E-state index contributed by atoms with van der Waals surface area (Å²) in [5.41, 5.74) is 5.91. The van der Waals surface area contributed by atoms with Crippen molar-refractivity contribution in [2.24, 2.45) is 5.73 Å². The molecule has 0 amide bonds. The van der Waals surface area contributed by atoms with Gasteiger partial charge >= 0.3 is 5.97 Å². The van der Waals surface area contributed by atoms with Gasteiger partial charge < -0.3 is 10.5 Å². The fourth-order valence-corrected chi connectivity index (χ4v) is 1.49. The number of nitrogens with two attached hydrogens (primary N) is 1. The topological polar surface area (TPSA) is 52.3 Å². The number of benzene rings is 1. The molecule has 0 saturated heterocycles. The van der Waals surface area contributed by atoms with Crippen LogP contribution in [0.25, 0.3) is 0 Å². The number of carbonyl (C=O) groups excluding carboxylic acids is 1. The summed E-state index contributed by atoms with van der Waals surface area (Å²) >= 11 is 3.14. The van der Waals surface area contributed by atoms with Crippen LogP contribution < -0.4 is 5.73 Å². The summed E-state index contributed by atoms with van der Waals surface area (Å²) in [7, 11) is 1.25. The standard InChI is InChI=1S/C10H11BrFNO2/c1-15-10(14)9(13)4-6-2-3-7(11)5-8(6)12/h2-3,5,9H,4,13H2,1H3/t9-/m0/s1. The Bertz CT molecular complexity index is 370. The highest BCUT2D eigenvalue weighted by Gasteiger charge is 2.16. The number of esters is 1. The van der Waals surface area contributed by atoms with Gasteiger partial charge in [-0.3, -0.25) is 4.79 Å². The molecule has 82 valence electrons. The van der Waals surface area contributed by atoms with Gasteiger partial charge in [-0.15, -0.1) is 0 Å². The maximum Gasteiger partial charge on any atom is 0.322 e. The molecular weight excluding hydrogens is 265 g/mol. The average Bonchev–Trinajstić information content (AvgIpc) is 2.20. The molecule has 0 aliphatic carbocycles. The summed E-state index contributed by atoms with van der Waals surface area (Å²) in [5, 5.41) is 0. The van der Waals surface area contributed by atoms with E-state index in [1.165, 1.54) is 13.2 Å². The number of halogens is 2. The summed E-state index contributed by atoms with van der Waals surface area (Å²) in [6, 6.07) is 3.79. The van der Waals surface area contributed by atoms with E-state index in [1.54, 1.807) is 12.1 Å². The first kappa shape index (κ1) is 12.1. The summed E-state index contributed by atoms with van der Waals surface area (Å²) in [6.07, 6.45) is 0.131. The maximum absolute atomic E-state index is 13.3. The monoisotopic (exact) mass is 275 g/mol. The molecule has 0 aromatic heterocycles. The van der Waals surface area contributed by atoms with E-state index in [-0.39, 0.29) is 12.2 Å². The Morgan fingerprint density at radius 2 is 2.33 bits per heavy atom. The number of hydrogen-bond donors (Lipinski definition) is 1. The first-order valence-electron chi connectivity index (χ1n) is 4.32. The van der Waals surface area contributed by atoms with Crippen LogP contribution in [0.1, 0.15) is 5.56 Å². The van der Waals surface area contributed by atoms with Gasteiger partial charge in [-0.1, -0.05) is 22.0 Å². The van der Waals surface area contributed by atoms with Crippen molar-refractivity contribution in [3.63, 3.8) is 0 Å². The van der Waals surface area contributed by atoms with Crippen molar-refractivity contribution in [1.29, 1.82) is 0 Å². The van der Waals surface area contributed by atoms with Crippen molar-refractivity contribution in [3.05, 3.63) is 34.1 Å². The van der Waals surface area contributed by atoms with Crippen LogP contribution in [0, 0.1) is 5.82 Å². The van der Waals surface area contributed by atoms with Gasteiger partial charge in [0.15, 0.2) is 0 Å². The highest BCUT2D eigenvalue weighted by Crippen LogP contribution is 2.16. The molecule has 0 bridgehead atoms. The summed E-state index contributed by atoms with van der Waals surface area (Å²) < 4.78 is 18.4. The van der Waals surface area contributed by atoms with Crippen molar-refractivity contribution in [1.82, 2.24) is 0 Å². The SMILES string of the molecule is COC(=O)[C@@H](N)Cc1ccc(Br)cc1F. The predicted octanol–water partition coefficient (Wildman–Crippen LogP) is 1.63. The number of carbonyl (C=O) groups is 1. The summed E-state index contributed by atoms with van der Waals surface area (Å²) in [4.78, 5) is 11.0. The maximum atomic E-state index is 13.3. The zero-order chi connectivity index (χ0) is 11.4. The van der Waals surface area contributed by atoms with Crippen LogP contribution in [0.4, 0.5) is 4.39 Å². The second-order valence-corrected chi connectivity index (χ2v) is 3.99. The Morgan fingerprint density at radius 1 is 1.67 bits per heavy atom. The average molecular weight is 276 g/mol.